The van der Waals surface area contributed by atoms with Crippen LogP contribution >= 0.6 is 15.9 Å². The molecule has 2 heterocycles. The monoisotopic (exact) mass is 326 g/mol. The quantitative estimate of drug-likeness (QED) is 0.861. The Labute approximate surface area is 119 Å². The van der Waals surface area contributed by atoms with Crippen molar-refractivity contribution in [1.29, 1.82) is 0 Å². The molecule has 2 rings (SSSR count). The molecule has 1 atom stereocenters. The number of pyridine rings is 1. The highest BCUT2D eigenvalue weighted by molar-refractivity contribution is 9.10. The number of amides is 1. The summed E-state index contributed by atoms with van der Waals surface area (Å²) in [6.45, 7) is 1.34. The Kier molecular flexibility index (Phi) is 4.52. The van der Waals surface area contributed by atoms with Crippen molar-refractivity contribution in [3.05, 3.63) is 28.5 Å². The van der Waals surface area contributed by atoms with Crippen LogP contribution < -0.4 is 0 Å². The zero-order chi connectivity index (χ0) is 13.8. The minimum absolute atomic E-state index is 0.0130. The SMILES string of the molecule is O=C(O)CCC1CCN(C(=O)c2ccnc(Br)c2)C1. The summed E-state index contributed by atoms with van der Waals surface area (Å²) < 4.78 is 0.639. The standard InChI is InChI=1S/C13H15BrN2O3/c14-11-7-10(3-5-15-11)13(19)16-6-4-9(8-16)1-2-12(17)18/h3,5,7,9H,1-2,4,6,8H2,(H,17,18). The molecule has 1 aliphatic heterocycles. The van der Waals surface area contributed by atoms with Crippen LogP contribution in [-0.2, 0) is 4.79 Å². The first kappa shape index (κ1) is 14.0. The third kappa shape index (κ3) is 3.76. The van der Waals surface area contributed by atoms with Crippen molar-refractivity contribution in [1.82, 2.24) is 9.88 Å². The van der Waals surface area contributed by atoms with Gasteiger partial charge in [-0.2, -0.15) is 0 Å². The maximum absolute atomic E-state index is 12.2. The summed E-state index contributed by atoms with van der Waals surface area (Å²) in [5.41, 5.74) is 0.612. The summed E-state index contributed by atoms with van der Waals surface area (Å²) in [6.07, 6.45) is 3.28. The van der Waals surface area contributed by atoms with Gasteiger partial charge in [-0.15, -0.1) is 0 Å². The van der Waals surface area contributed by atoms with Crippen LogP contribution in [0.5, 0.6) is 0 Å². The number of hydrogen-bond donors (Lipinski definition) is 1. The van der Waals surface area contributed by atoms with Crippen molar-refractivity contribution in [2.45, 2.75) is 19.3 Å². The van der Waals surface area contributed by atoms with E-state index in [4.69, 9.17) is 5.11 Å². The van der Waals surface area contributed by atoms with E-state index in [1.54, 1.807) is 23.2 Å². The summed E-state index contributed by atoms with van der Waals surface area (Å²) in [6, 6.07) is 3.39. The molecule has 1 aromatic rings. The van der Waals surface area contributed by atoms with Gasteiger partial charge in [0, 0.05) is 31.3 Å². The average molecular weight is 327 g/mol. The number of carboxylic acids is 1. The highest BCUT2D eigenvalue weighted by Crippen LogP contribution is 2.23. The number of hydrogen-bond acceptors (Lipinski definition) is 3. The van der Waals surface area contributed by atoms with E-state index in [1.807, 2.05) is 0 Å². The van der Waals surface area contributed by atoms with Gasteiger partial charge in [0.1, 0.15) is 4.60 Å². The summed E-state index contributed by atoms with van der Waals surface area (Å²) in [4.78, 5) is 28.6. The van der Waals surface area contributed by atoms with Gasteiger partial charge in [0.2, 0.25) is 0 Å². The molecule has 19 heavy (non-hydrogen) atoms. The maximum Gasteiger partial charge on any atom is 0.303 e. The van der Waals surface area contributed by atoms with Crippen LogP contribution in [0.3, 0.4) is 0 Å². The van der Waals surface area contributed by atoms with Crippen molar-refractivity contribution in [3.8, 4) is 0 Å². The van der Waals surface area contributed by atoms with Crippen molar-refractivity contribution in [2.75, 3.05) is 13.1 Å². The Bertz CT molecular complexity index is 493. The lowest BCUT2D eigenvalue weighted by atomic mass is 10.0. The van der Waals surface area contributed by atoms with Gasteiger partial charge in [-0.1, -0.05) is 0 Å². The van der Waals surface area contributed by atoms with Crippen LogP contribution in [0.15, 0.2) is 22.9 Å². The number of aliphatic carboxylic acids is 1. The van der Waals surface area contributed by atoms with Crippen molar-refractivity contribution in [2.24, 2.45) is 5.92 Å². The minimum Gasteiger partial charge on any atom is -0.481 e. The Hall–Kier alpha value is -1.43. The molecular weight excluding hydrogens is 312 g/mol. The molecule has 5 nitrogen and oxygen atoms in total. The van der Waals surface area contributed by atoms with Crippen LogP contribution in [-0.4, -0.2) is 40.0 Å². The molecule has 102 valence electrons. The van der Waals surface area contributed by atoms with Crippen LogP contribution in [0.4, 0.5) is 0 Å². The second-order valence-corrected chi connectivity index (χ2v) is 5.52. The van der Waals surface area contributed by atoms with Crippen LogP contribution in [0.2, 0.25) is 0 Å². The lowest BCUT2D eigenvalue weighted by molar-refractivity contribution is -0.137. The third-order valence-corrected chi connectivity index (χ3v) is 3.75. The van der Waals surface area contributed by atoms with E-state index in [9.17, 15) is 9.59 Å². The molecule has 0 aliphatic carbocycles. The van der Waals surface area contributed by atoms with E-state index in [0.29, 0.717) is 35.6 Å². The molecule has 1 fully saturated rings. The zero-order valence-electron chi connectivity index (χ0n) is 10.4. The Morgan fingerprint density at radius 2 is 2.32 bits per heavy atom. The number of carbonyl (C=O) groups excluding carboxylic acids is 1. The van der Waals surface area contributed by atoms with E-state index in [0.717, 1.165) is 6.42 Å². The molecule has 1 aliphatic rings. The maximum atomic E-state index is 12.2. The normalized spacial score (nSPS) is 18.6. The second kappa shape index (κ2) is 6.14. The van der Waals surface area contributed by atoms with Gasteiger partial charge in [-0.3, -0.25) is 9.59 Å². The highest BCUT2D eigenvalue weighted by atomic mass is 79.9. The number of likely N-dealkylation sites (tertiary alicyclic amines) is 1. The molecule has 1 N–H and O–H groups in total. The van der Waals surface area contributed by atoms with Crippen LogP contribution in [0.25, 0.3) is 0 Å². The predicted octanol–water partition coefficient (Wildman–Crippen LogP) is 2.17. The smallest absolute Gasteiger partial charge is 0.303 e. The number of halogens is 1. The molecule has 0 saturated carbocycles. The fraction of sp³-hybridized carbons (Fsp3) is 0.462. The van der Waals surface area contributed by atoms with Crippen LogP contribution in [0, 0.1) is 5.92 Å². The summed E-state index contributed by atoms with van der Waals surface area (Å²) in [5.74, 6) is -0.492. The highest BCUT2D eigenvalue weighted by Gasteiger charge is 2.27. The molecule has 0 spiro atoms. The Morgan fingerprint density at radius 1 is 1.53 bits per heavy atom. The van der Waals surface area contributed by atoms with Gasteiger partial charge in [-0.25, -0.2) is 4.98 Å². The Morgan fingerprint density at radius 3 is 3.00 bits per heavy atom. The fourth-order valence-corrected chi connectivity index (χ4v) is 2.66. The second-order valence-electron chi connectivity index (χ2n) is 4.71. The number of nitrogens with zero attached hydrogens (tertiary/aromatic N) is 2. The number of rotatable bonds is 4. The molecule has 0 bridgehead atoms. The van der Waals surface area contributed by atoms with Gasteiger partial charge < -0.3 is 10.0 Å². The molecule has 0 aromatic carbocycles. The molecule has 0 radical (unpaired) electrons. The summed E-state index contributed by atoms with van der Waals surface area (Å²) in [5, 5.41) is 8.66. The van der Waals surface area contributed by atoms with E-state index in [1.165, 1.54) is 0 Å². The van der Waals surface area contributed by atoms with Gasteiger partial charge in [0.15, 0.2) is 0 Å². The minimum atomic E-state index is -0.775. The lowest BCUT2D eigenvalue weighted by Gasteiger charge is -2.16. The molecule has 6 heteroatoms. The Balaban J connectivity index is 1.93. The summed E-state index contributed by atoms with van der Waals surface area (Å²) in [7, 11) is 0. The zero-order valence-corrected chi connectivity index (χ0v) is 12.0. The van der Waals surface area contributed by atoms with Gasteiger partial charge >= 0.3 is 5.97 Å². The average Bonchev–Trinajstić information content (AvgIpc) is 2.84. The van der Waals surface area contributed by atoms with Crippen molar-refractivity contribution < 1.29 is 14.7 Å². The van der Waals surface area contributed by atoms with E-state index in [-0.39, 0.29) is 12.3 Å². The number of carboxylic acid groups (broad SMARTS) is 1. The first-order chi connectivity index (χ1) is 9.06. The van der Waals surface area contributed by atoms with Crippen LogP contribution in [0.1, 0.15) is 29.6 Å². The third-order valence-electron chi connectivity index (χ3n) is 3.31. The van der Waals surface area contributed by atoms with Gasteiger partial charge in [0.05, 0.1) is 0 Å². The largest absolute Gasteiger partial charge is 0.481 e. The number of carbonyl (C=O) groups is 2. The molecule has 1 unspecified atom stereocenters. The fourth-order valence-electron chi connectivity index (χ4n) is 2.30. The first-order valence-electron chi connectivity index (χ1n) is 6.19. The van der Waals surface area contributed by atoms with E-state index < -0.39 is 5.97 Å². The molecule has 1 saturated heterocycles. The lowest BCUT2D eigenvalue weighted by Crippen LogP contribution is -2.28. The first-order valence-corrected chi connectivity index (χ1v) is 6.98. The molecule has 1 aromatic heterocycles. The molecular formula is C13H15BrN2O3. The predicted molar refractivity (Wildman–Crippen MR) is 72.8 cm³/mol. The summed E-state index contributed by atoms with van der Waals surface area (Å²) >= 11 is 3.24. The van der Waals surface area contributed by atoms with Crippen molar-refractivity contribution in [3.63, 3.8) is 0 Å². The van der Waals surface area contributed by atoms with E-state index >= 15 is 0 Å². The van der Waals surface area contributed by atoms with Crippen molar-refractivity contribution >= 4 is 27.8 Å². The van der Waals surface area contributed by atoms with Gasteiger partial charge in [-0.05, 0) is 46.8 Å². The topological polar surface area (TPSA) is 70.5 Å². The van der Waals surface area contributed by atoms with Gasteiger partial charge in [0.25, 0.3) is 5.91 Å². The number of aromatic nitrogens is 1. The molecule has 1 amide bonds. The van der Waals surface area contributed by atoms with E-state index in [2.05, 4.69) is 20.9 Å².